The standard InChI is InChI=1S/C19H27NO2/c1-2-3-4-5-6-7-8-9-10-15-16-11-14-19(21)22-18(16)13-12-17(15)20/h11-14H,2-10,20H2,1H3. The van der Waals surface area contributed by atoms with Crippen molar-refractivity contribution in [1.82, 2.24) is 0 Å². The second kappa shape index (κ2) is 8.62. The van der Waals surface area contributed by atoms with E-state index in [1.54, 1.807) is 6.07 Å². The highest BCUT2D eigenvalue weighted by Crippen LogP contribution is 2.25. The van der Waals surface area contributed by atoms with Gasteiger partial charge in [-0.05, 0) is 36.6 Å². The minimum atomic E-state index is -0.310. The summed E-state index contributed by atoms with van der Waals surface area (Å²) in [7, 11) is 0. The molecule has 1 aromatic carbocycles. The van der Waals surface area contributed by atoms with Gasteiger partial charge >= 0.3 is 5.63 Å². The predicted molar refractivity (Wildman–Crippen MR) is 93.2 cm³/mol. The molecule has 0 aliphatic heterocycles. The van der Waals surface area contributed by atoms with Gasteiger partial charge in [0.25, 0.3) is 0 Å². The van der Waals surface area contributed by atoms with Crippen LogP contribution in [0.5, 0.6) is 0 Å². The molecule has 22 heavy (non-hydrogen) atoms. The summed E-state index contributed by atoms with van der Waals surface area (Å²) in [6.07, 6.45) is 11.3. The molecular formula is C19H27NO2. The van der Waals surface area contributed by atoms with Crippen molar-refractivity contribution in [2.45, 2.75) is 64.7 Å². The highest BCUT2D eigenvalue weighted by molar-refractivity contribution is 5.85. The first-order valence-electron chi connectivity index (χ1n) is 8.53. The van der Waals surface area contributed by atoms with E-state index in [0.717, 1.165) is 29.5 Å². The van der Waals surface area contributed by atoms with E-state index in [9.17, 15) is 4.79 Å². The Morgan fingerprint density at radius 3 is 2.32 bits per heavy atom. The number of unbranched alkanes of at least 4 members (excludes halogenated alkanes) is 7. The Morgan fingerprint density at radius 2 is 1.59 bits per heavy atom. The minimum absolute atomic E-state index is 0.310. The quantitative estimate of drug-likeness (QED) is 0.400. The van der Waals surface area contributed by atoms with Crippen LogP contribution < -0.4 is 11.4 Å². The Kier molecular flexibility index (Phi) is 6.50. The second-order valence-electron chi connectivity index (χ2n) is 6.02. The summed E-state index contributed by atoms with van der Waals surface area (Å²) in [4.78, 5) is 11.3. The number of nitrogens with two attached hydrogens (primary N) is 1. The minimum Gasteiger partial charge on any atom is -0.423 e. The summed E-state index contributed by atoms with van der Waals surface area (Å²) in [6, 6.07) is 6.92. The summed E-state index contributed by atoms with van der Waals surface area (Å²) >= 11 is 0. The van der Waals surface area contributed by atoms with E-state index in [1.807, 2.05) is 12.1 Å². The number of hydrogen-bond acceptors (Lipinski definition) is 3. The molecule has 0 saturated heterocycles. The van der Waals surface area contributed by atoms with Crippen LogP contribution in [-0.4, -0.2) is 0 Å². The van der Waals surface area contributed by atoms with Crippen molar-refractivity contribution in [1.29, 1.82) is 0 Å². The summed E-state index contributed by atoms with van der Waals surface area (Å²) in [5.41, 5.74) is 8.34. The van der Waals surface area contributed by atoms with E-state index >= 15 is 0 Å². The molecule has 0 radical (unpaired) electrons. The van der Waals surface area contributed by atoms with Gasteiger partial charge < -0.3 is 10.2 Å². The van der Waals surface area contributed by atoms with Crippen LogP contribution >= 0.6 is 0 Å². The van der Waals surface area contributed by atoms with Crippen molar-refractivity contribution in [3.63, 3.8) is 0 Å². The van der Waals surface area contributed by atoms with Crippen molar-refractivity contribution < 1.29 is 4.42 Å². The maximum Gasteiger partial charge on any atom is 0.336 e. The zero-order valence-corrected chi connectivity index (χ0v) is 13.6. The molecule has 0 atom stereocenters. The van der Waals surface area contributed by atoms with Crippen molar-refractivity contribution in [2.75, 3.05) is 5.73 Å². The largest absolute Gasteiger partial charge is 0.423 e. The topological polar surface area (TPSA) is 56.2 Å². The molecular weight excluding hydrogens is 274 g/mol. The lowest BCUT2D eigenvalue weighted by Crippen LogP contribution is -2.00. The lowest BCUT2D eigenvalue weighted by molar-refractivity contribution is 0.560. The average molecular weight is 301 g/mol. The van der Waals surface area contributed by atoms with E-state index in [4.69, 9.17) is 10.2 Å². The molecule has 2 aromatic rings. The van der Waals surface area contributed by atoms with Gasteiger partial charge in [-0.3, -0.25) is 0 Å². The molecule has 1 aromatic heterocycles. The van der Waals surface area contributed by atoms with E-state index in [2.05, 4.69) is 6.92 Å². The normalized spacial score (nSPS) is 11.1. The summed E-state index contributed by atoms with van der Waals surface area (Å²) in [5.74, 6) is 0. The fraction of sp³-hybridized carbons (Fsp3) is 0.526. The van der Waals surface area contributed by atoms with Gasteiger partial charge in [0.05, 0.1) is 0 Å². The fourth-order valence-corrected chi connectivity index (χ4v) is 2.94. The van der Waals surface area contributed by atoms with Crippen LogP contribution in [0.15, 0.2) is 33.5 Å². The smallest absolute Gasteiger partial charge is 0.336 e. The van der Waals surface area contributed by atoms with E-state index < -0.39 is 0 Å². The molecule has 1 heterocycles. The summed E-state index contributed by atoms with van der Waals surface area (Å²) in [5, 5.41) is 0.975. The third kappa shape index (κ3) is 4.62. The maximum absolute atomic E-state index is 11.3. The lowest BCUT2D eigenvalue weighted by Gasteiger charge is -2.09. The third-order valence-electron chi connectivity index (χ3n) is 4.23. The van der Waals surface area contributed by atoms with Crippen LogP contribution in [0.3, 0.4) is 0 Å². The second-order valence-corrected chi connectivity index (χ2v) is 6.02. The highest BCUT2D eigenvalue weighted by atomic mass is 16.4. The molecule has 0 spiro atoms. The van der Waals surface area contributed by atoms with E-state index in [1.165, 1.54) is 51.0 Å². The number of anilines is 1. The molecule has 2 rings (SSSR count). The Labute approximate surface area is 132 Å². The van der Waals surface area contributed by atoms with Gasteiger partial charge in [0.15, 0.2) is 0 Å². The summed E-state index contributed by atoms with van der Waals surface area (Å²) in [6.45, 7) is 2.25. The number of fused-ring (bicyclic) bond motifs is 1. The molecule has 2 N–H and O–H groups in total. The van der Waals surface area contributed by atoms with Gasteiger partial charge in [0.2, 0.25) is 0 Å². The van der Waals surface area contributed by atoms with E-state index in [0.29, 0.717) is 5.58 Å². The third-order valence-corrected chi connectivity index (χ3v) is 4.23. The molecule has 0 saturated carbocycles. The van der Waals surface area contributed by atoms with Crippen LogP contribution in [-0.2, 0) is 6.42 Å². The Hall–Kier alpha value is -1.77. The molecule has 0 bridgehead atoms. The van der Waals surface area contributed by atoms with Crippen molar-refractivity contribution in [3.8, 4) is 0 Å². The SMILES string of the molecule is CCCCCCCCCCc1c(N)ccc2oc(=O)ccc12. The fourth-order valence-electron chi connectivity index (χ4n) is 2.94. The molecule has 3 nitrogen and oxygen atoms in total. The molecule has 0 amide bonds. The lowest BCUT2D eigenvalue weighted by atomic mass is 10.00. The van der Waals surface area contributed by atoms with Crippen molar-refractivity contribution >= 4 is 16.7 Å². The van der Waals surface area contributed by atoms with Crippen molar-refractivity contribution in [2.24, 2.45) is 0 Å². The monoisotopic (exact) mass is 301 g/mol. The highest BCUT2D eigenvalue weighted by Gasteiger charge is 2.07. The van der Waals surface area contributed by atoms with Crippen LogP contribution in [0.1, 0.15) is 63.9 Å². The zero-order chi connectivity index (χ0) is 15.8. The van der Waals surface area contributed by atoms with Crippen LogP contribution in [0, 0.1) is 0 Å². The van der Waals surface area contributed by atoms with Gasteiger partial charge in [0, 0.05) is 17.1 Å². The first-order valence-corrected chi connectivity index (χ1v) is 8.53. The van der Waals surface area contributed by atoms with Gasteiger partial charge in [-0.1, -0.05) is 51.9 Å². The van der Waals surface area contributed by atoms with Gasteiger partial charge in [-0.25, -0.2) is 4.79 Å². The first kappa shape index (κ1) is 16.6. The number of benzene rings is 1. The Morgan fingerprint density at radius 1 is 0.909 bits per heavy atom. The molecule has 0 aliphatic rings. The maximum atomic E-state index is 11.3. The number of nitrogen functional groups attached to an aromatic ring is 1. The van der Waals surface area contributed by atoms with Crippen LogP contribution in [0.25, 0.3) is 11.0 Å². The van der Waals surface area contributed by atoms with Gasteiger partial charge in [-0.2, -0.15) is 0 Å². The molecule has 3 heteroatoms. The predicted octanol–water partition coefficient (Wildman–Crippen LogP) is 5.06. The average Bonchev–Trinajstić information content (AvgIpc) is 2.51. The van der Waals surface area contributed by atoms with E-state index in [-0.39, 0.29) is 5.63 Å². The summed E-state index contributed by atoms with van der Waals surface area (Å²) < 4.78 is 5.23. The van der Waals surface area contributed by atoms with Gasteiger partial charge in [-0.15, -0.1) is 0 Å². The van der Waals surface area contributed by atoms with Gasteiger partial charge in [0.1, 0.15) is 5.58 Å². The Bertz CT molecular complexity index is 645. The van der Waals surface area contributed by atoms with Crippen LogP contribution in [0.2, 0.25) is 0 Å². The van der Waals surface area contributed by atoms with Crippen molar-refractivity contribution in [3.05, 3.63) is 40.2 Å². The Balaban J connectivity index is 1.86. The number of rotatable bonds is 9. The van der Waals surface area contributed by atoms with Crippen LogP contribution in [0.4, 0.5) is 5.69 Å². The zero-order valence-electron chi connectivity index (χ0n) is 13.6. The molecule has 0 fully saturated rings. The number of hydrogen-bond donors (Lipinski definition) is 1. The molecule has 0 unspecified atom stereocenters. The molecule has 120 valence electrons. The molecule has 0 aliphatic carbocycles. The number of aryl methyl sites for hydroxylation is 1. The first-order chi connectivity index (χ1) is 10.7.